The lowest BCUT2D eigenvalue weighted by molar-refractivity contribution is -0.135. The molecule has 1 atom stereocenters. The number of aromatic nitrogens is 3. The predicted molar refractivity (Wildman–Crippen MR) is 83.4 cm³/mol. The number of carbonyl (C=O) groups is 1. The first-order valence-electron chi connectivity index (χ1n) is 7.50. The van der Waals surface area contributed by atoms with Crippen LogP contribution in [0.1, 0.15) is 24.1 Å². The van der Waals surface area contributed by atoms with Gasteiger partial charge < -0.3 is 14.4 Å². The van der Waals surface area contributed by atoms with Crippen molar-refractivity contribution in [3.05, 3.63) is 35.9 Å². The predicted octanol–water partition coefficient (Wildman–Crippen LogP) is 1.44. The summed E-state index contributed by atoms with van der Waals surface area (Å²) in [6, 6.07) is 3.59. The molecule has 7 nitrogen and oxygen atoms in total. The summed E-state index contributed by atoms with van der Waals surface area (Å²) >= 11 is 0. The first-order chi connectivity index (χ1) is 11.1. The molecular formula is C16H20N4O3. The second kappa shape index (κ2) is 6.28. The SMILES string of the molecule is COc1cc2c(cc1OC)CN(C(=O)[C@H](C)n1cncn1)CC2. The fourth-order valence-electron chi connectivity index (χ4n) is 2.87. The lowest BCUT2D eigenvalue weighted by Gasteiger charge is -2.31. The Morgan fingerprint density at radius 2 is 1.91 bits per heavy atom. The second-order valence-electron chi connectivity index (χ2n) is 5.54. The lowest BCUT2D eigenvalue weighted by Crippen LogP contribution is -2.40. The number of rotatable bonds is 4. The van der Waals surface area contributed by atoms with Crippen molar-refractivity contribution in [2.24, 2.45) is 0 Å². The largest absolute Gasteiger partial charge is 0.493 e. The molecule has 0 unspecified atom stereocenters. The number of benzene rings is 1. The number of ether oxygens (including phenoxy) is 2. The smallest absolute Gasteiger partial charge is 0.247 e. The number of amides is 1. The van der Waals surface area contributed by atoms with Crippen molar-refractivity contribution >= 4 is 5.91 Å². The minimum atomic E-state index is -0.362. The zero-order valence-electron chi connectivity index (χ0n) is 13.5. The molecule has 0 spiro atoms. The average Bonchev–Trinajstić information content (AvgIpc) is 3.13. The van der Waals surface area contributed by atoms with Crippen LogP contribution in [0, 0.1) is 0 Å². The molecule has 0 radical (unpaired) electrons. The maximum atomic E-state index is 12.7. The van der Waals surface area contributed by atoms with Gasteiger partial charge in [-0.1, -0.05) is 0 Å². The van der Waals surface area contributed by atoms with E-state index in [1.165, 1.54) is 11.9 Å². The third-order valence-corrected chi connectivity index (χ3v) is 4.22. The van der Waals surface area contributed by atoms with Crippen molar-refractivity contribution in [3.8, 4) is 11.5 Å². The summed E-state index contributed by atoms with van der Waals surface area (Å²) in [5.74, 6) is 1.45. The first kappa shape index (κ1) is 15.3. The van der Waals surface area contributed by atoms with Crippen molar-refractivity contribution in [1.29, 1.82) is 0 Å². The Balaban J connectivity index is 1.81. The van der Waals surface area contributed by atoms with Gasteiger partial charge in [-0.05, 0) is 36.6 Å². The summed E-state index contributed by atoms with van der Waals surface area (Å²) in [7, 11) is 3.24. The molecule has 1 aromatic heterocycles. The zero-order chi connectivity index (χ0) is 16.4. The van der Waals surface area contributed by atoms with Crippen LogP contribution < -0.4 is 9.47 Å². The minimum Gasteiger partial charge on any atom is -0.493 e. The van der Waals surface area contributed by atoms with E-state index in [4.69, 9.17) is 9.47 Å². The molecule has 0 aliphatic carbocycles. The van der Waals surface area contributed by atoms with Crippen LogP contribution in [0.3, 0.4) is 0 Å². The van der Waals surface area contributed by atoms with E-state index in [1.54, 1.807) is 25.2 Å². The van der Waals surface area contributed by atoms with Crippen molar-refractivity contribution in [1.82, 2.24) is 19.7 Å². The Labute approximate surface area is 134 Å². The van der Waals surface area contributed by atoms with Crippen LogP contribution >= 0.6 is 0 Å². The Kier molecular flexibility index (Phi) is 4.18. The summed E-state index contributed by atoms with van der Waals surface area (Å²) in [5, 5.41) is 4.05. The molecule has 0 saturated carbocycles. The molecule has 2 aromatic rings. The van der Waals surface area contributed by atoms with Crippen LogP contribution in [0.5, 0.6) is 11.5 Å². The molecule has 23 heavy (non-hydrogen) atoms. The third kappa shape index (κ3) is 2.86. The number of hydrogen-bond acceptors (Lipinski definition) is 5. The summed E-state index contributed by atoms with van der Waals surface area (Å²) < 4.78 is 12.3. The molecule has 0 saturated heterocycles. The normalized spacial score (nSPS) is 15.0. The molecule has 2 heterocycles. The molecule has 0 bridgehead atoms. The Hall–Kier alpha value is -2.57. The topological polar surface area (TPSA) is 69.5 Å². The van der Waals surface area contributed by atoms with E-state index in [9.17, 15) is 4.79 Å². The van der Waals surface area contributed by atoms with Gasteiger partial charge in [0, 0.05) is 13.1 Å². The maximum Gasteiger partial charge on any atom is 0.247 e. The van der Waals surface area contributed by atoms with Crippen LogP contribution in [0.4, 0.5) is 0 Å². The first-order valence-corrected chi connectivity index (χ1v) is 7.50. The zero-order valence-corrected chi connectivity index (χ0v) is 13.5. The van der Waals surface area contributed by atoms with E-state index < -0.39 is 0 Å². The highest BCUT2D eigenvalue weighted by molar-refractivity contribution is 5.80. The van der Waals surface area contributed by atoms with E-state index in [0.717, 1.165) is 17.7 Å². The number of methoxy groups -OCH3 is 2. The highest BCUT2D eigenvalue weighted by Gasteiger charge is 2.27. The maximum absolute atomic E-state index is 12.7. The van der Waals surface area contributed by atoms with Crippen LogP contribution in [0.15, 0.2) is 24.8 Å². The fourth-order valence-corrected chi connectivity index (χ4v) is 2.87. The van der Waals surface area contributed by atoms with Gasteiger partial charge in [0.1, 0.15) is 18.7 Å². The summed E-state index contributed by atoms with van der Waals surface area (Å²) in [6.07, 6.45) is 3.80. The number of nitrogens with zero attached hydrogens (tertiary/aromatic N) is 4. The van der Waals surface area contributed by atoms with Crippen molar-refractivity contribution in [3.63, 3.8) is 0 Å². The van der Waals surface area contributed by atoms with Gasteiger partial charge in [0.2, 0.25) is 5.91 Å². The molecule has 0 fully saturated rings. The molecule has 3 rings (SSSR count). The van der Waals surface area contributed by atoms with Gasteiger partial charge in [0.15, 0.2) is 11.5 Å². The van der Waals surface area contributed by atoms with Gasteiger partial charge in [0.05, 0.1) is 14.2 Å². The summed E-state index contributed by atoms with van der Waals surface area (Å²) in [5.41, 5.74) is 2.29. The minimum absolute atomic E-state index is 0.0379. The van der Waals surface area contributed by atoms with Gasteiger partial charge in [-0.3, -0.25) is 4.79 Å². The molecule has 7 heteroatoms. The van der Waals surface area contributed by atoms with Crippen LogP contribution in [-0.4, -0.2) is 46.3 Å². The lowest BCUT2D eigenvalue weighted by atomic mass is 9.98. The van der Waals surface area contributed by atoms with Crippen molar-refractivity contribution in [2.75, 3.05) is 20.8 Å². The van der Waals surface area contributed by atoms with Gasteiger partial charge in [0.25, 0.3) is 0 Å². The van der Waals surface area contributed by atoms with Crippen molar-refractivity contribution in [2.45, 2.75) is 25.9 Å². The van der Waals surface area contributed by atoms with Crippen molar-refractivity contribution < 1.29 is 14.3 Å². The van der Waals surface area contributed by atoms with Crippen LogP contribution in [0.2, 0.25) is 0 Å². The van der Waals surface area contributed by atoms with Gasteiger partial charge in [-0.2, -0.15) is 5.10 Å². The van der Waals surface area contributed by atoms with E-state index in [2.05, 4.69) is 10.1 Å². The fraction of sp³-hybridized carbons (Fsp3) is 0.438. The number of carbonyl (C=O) groups excluding carboxylic acids is 1. The number of hydrogen-bond donors (Lipinski definition) is 0. The monoisotopic (exact) mass is 316 g/mol. The highest BCUT2D eigenvalue weighted by atomic mass is 16.5. The van der Waals surface area contributed by atoms with Crippen LogP contribution in [0.25, 0.3) is 0 Å². The Morgan fingerprint density at radius 3 is 2.52 bits per heavy atom. The molecule has 0 N–H and O–H groups in total. The highest BCUT2D eigenvalue weighted by Crippen LogP contribution is 2.33. The molecule has 1 aromatic carbocycles. The Morgan fingerprint density at radius 1 is 1.22 bits per heavy atom. The van der Waals surface area contributed by atoms with Crippen LogP contribution in [-0.2, 0) is 17.8 Å². The quantitative estimate of drug-likeness (QED) is 0.854. The summed E-state index contributed by atoms with van der Waals surface area (Å²) in [6.45, 7) is 3.08. The average molecular weight is 316 g/mol. The molecular weight excluding hydrogens is 296 g/mol. The van der Waals surface area contributed by atoms with E-state index in [1.807, 2.05) is 24.0 Å². The molecule has 122 valence electrons. The van der Waals surface area contributed by atoms with Gasteiger partial charge >= 0.3 is 0 Å². The summed E-state index contributed by atoms with van der Waals surface area (Å²) in [4.78, 5) is 18.4. The van der Waals surface area contributed by atoms with E-state index >= 15 is 0 Å². The van der Waals surface area contributed by atoms with Gasteiger partial charge in [-0.15, -0.1) is 0 Å². The van der Waals surface area contributed by atoms with E-state index in [0.29, 0.717) is 18.8 Å². The third-order valence-electron chi connectivity index (χ3n) is 4.22. The van der Waals surface area contributed by atoms with E-state index in [-0.39, 0.29) is 11.9 Å². The van der Waals surface area contributed by atoms with Gasteiger partial charge in [-0.25, -0.2) is 9.67 Å². The molecule has 1 amide bonds. The molecule has 1 aliphatic heterocycles. The standard InChI is InChI=1S/C16H20N4O3/c1-11(20-10-17-9-18-20)16(21)19-5-4-12-6-14(22-2)15(23-3)7-13(12)8-19/h6-7,9-11H,4-5,8H2,1-3H3/t11-/m0/s1. The number of fused-ring (bicyclic) bond motifs is 1. The molecule has 1 aliphatic rings. The second-order valence-corrected chi connectivity index (χ2v) is 5.54. The Bertz CT molecular complexity index is 700.